The maximum atomic E-state index is 11.6. The first-order chi connectivity index (χ1) is 8.56. The van der Waals surface area contributed by atoms with E-state index in [1.165, 1.54) is 0 Å². The van der Waals surface area contributed by atoms with Crippen LogP contribution in [0.5, 0.6) is 5.75 Å². The van der Waals surface area contributed by atoms with Gasteiger partial charge in [-0.3, -0.25) is 4.79 Å². The molecule has 1 aromatic carbocycles. The first kappa shape index (κ1) is 12.6. The zero-order valence-electron chi connectivity index (χ0n) is 10.2. The molecule has 0 spiro atoms. The molecule has 2 unspecified atom stereocenters. The van der Waals surface area contributed by atoms with E-state index < -0.39 is 6.10 Å². The van der Waals surface area contributed by atoms with Crippen LogP contribution in [0.4, 0.5) is 0 Å². The molecule has 0 fully saturated rings. The van der Waals surface area contributed by atoms with Crippen LogP contribution in [-0.4, -0.2) is 22.1 Å². The first-order valence-corrected chi connectivity index (χ1v) is 5.96. The summed E-state index contributed by atoms with van der Waals surface area (Å²) in [5, 5.41) is 18.9. The lowest BCUT2D eigenvalue weighted by atomic mass is 9.87. The molecular formula is C15H16O3. The van der Waals surface area contributed by atoms with Crippen molar-refractivity contribution in [3.8, 4) is 5.75 Å². The van der Waals surface area contributed by atoms with Gasteiger partial charge in [-0.25, -0.2) is 0 Å². The summed E-state index contributed by atoms with van der Waals surface area (Å²) in [5.74, 6) is -0.113. The molecule has 94 valence electrons. The summed E-state index contributed by atoms with van der Waals surface area (Å²) in [4.78, 5) is 11.6. The molecule has 0 heterocycles. The van der Waals surface area contributed by atoms with Crippen LogP contribution >= 0.6 is 0 Å². The number of carbonyl (C=O) groups excluding carboxylic acids is 1. The van der Waals surface area contributed by atoms with Crippen LogP contribution in [0.15, 0.2) is 42.0 Å². The number of ketones is 1. The molecule has 0 saturated carbocycles. The van der Waals surface area contributed by atoms with Gasteiger partial charge in [-0.2, -0.15) is 0 Å². The van der Waals surface area contributed by atoms with Crippen molar-refractivity contribution < 1.29 is 15.0 Å². The van der Waals surface area contributed by atoms with Crippen LogP contribution in [0.1, 0.15) is 18.9 Å². The molecule has 2 N–H and O–H groups in total. The second-order valence-corrected chi connectivity index (χ2v) is 4.61. The Bertz CT molecular complexity index is 497. The SMILES string of the molecule is CC1C(=O)C=C(/C=C/c2ccc(O)cc2)CC1O. The Morgan fingerprint density at radius 3 is 2.50 bits per heavy atom. The molecule has 0 radical (unpaired) electrons. The largest absolute Gasteiger partial charge is 0.508 e. The van der Waals surface area contributed by atoms with E-state index in [2.05, 4.69) is 0 Å². The molecule has 1 aliphatic carbocycles. The van der Waals surface area contributed by atoms with E-state index in [1.807, 2.05) is 12.2 Å². The van der Waals surface area contributed by atoms with Crippen molar-refractivity contribution >= 4 is 11.9 Å². The van der Waals surface area contributed by atoms with Gasteiger partial charge < -0.3 is 10.2 Å². The van der Waals surface area contributed by atoms with E-state index >= 15 is 0 Å². The number of aliphatic hydroxyl groups is 1. The average Bonchev–Trinajstić information content (AvgIpc) is 2.35. The van der Waals surface area contributed by atoms with Gasteiger partial charge in [0.1, 0.15) is 5.75 Å². The average molecular weight is 244 g/mol. The van der Waals surface area contributed by atoms with Gasteiger partial charge in [0.2, 0.25) is 0 Å². The number of hydrogen-bond donors (Lipinski definition) is 2. The molecular weight excluding hydrogens is 228 g/mol. The third-order valence-corrected chi connectivity index (χ3v) is 3.18. The minimum Gasteiger partial charge on any atom is -0.508 e. The van der Waals surface area contributed by atoms with Crippen molar-refractivity contribution in [1.82, 2.24) is 0 Å². The van der Waals surface area contributed by atoms with Gasteiger partial charge in [-0.05, 0) is 35.8 Å². The summed E-state index contributed by atoms with van der Waals surface area (Å²) >= 11 is 0. The van der Waals surface area contributed by atoms with Crippen LogP contribution in [0.25, 0.3) is 6.08 Å². The summed E-state index contributed by atoms with van der Waals surface area (Å²) in [6.45, 7) is 1.74. The summed E-state index contributed by atoms with van der Waals surface area (Å²) in [6.07, 6.45) is 5.19. The molecule has 1 aromatic rings. The Kier molecular flexibility index (Phi) is 3.63. The normalized spacial score (nSPS) is 24.3. The highest BCUT2D eigenvalue weighted by Gasteiger charge is 2.25. The van der Waals surface area contributed by atoms with E-state index in [9.17, 15) is 9.90 Å². The zero-order chi connectivity index (χ0) is 13.1. The van der Waals surface area contributed by atoms with Gasteiger partial charge in [-0.15, -0.1) is 0 Å². The number of phenols is 1. The second kappa shape index (κ2) is 5.19. The van der Waals surface area contributed by atoms with Gasteiger partial charge in [0.25, 0.3) is 0 Å². The molecule has 18 heavy (non-hydrogen) atoms. The van der Waals surface area contributed by atoms with Crippen molar-refractivity contribution in [2.75, 3.05) is 0 Å². The lowest BCUT2D eigenvalue weighted by Crippen LogP contribution is -2.28. The highest BCUT2D eigenvalue weighted by molar-refractivity contribution is 5.94. The molecule has 0 saturated heterocycles. The molecule has 0 aromatic heterocycles. The predicted molar refractivity (Wildman–Crippen MR) is 70.0 cm³/mol. The van der Waals surface area contributed by atoms with Crippen molar-refractivity contribution in [3.63, 3.8) is 0 Å². The van der Waals surface area contributed by atoms with E-state index in [-0.39, 0.29) is 17.5 Å². The predicted octanol–water partition coefficient (Wildman–Crippen LogP) is 2.30. The number of allylic oxidation sites excluding steroid dienone is 2. The Morgan fingerprint density at radius 1 is 1.22 bits per heavy atom. The molecule has 1 aliphatic rings. The molecule has 0 amide bonds. The monoisotopic (exact) mass is 244 g/mol. The van der Waals surface area contributed by atoms with E-state index in [0.29, 0.717) is 6.42 Å². The highest BCUT2D eigenvalue weighted by atomic mass is 16.3. The fraction of sp³-hybridized carbons (Fsp3) is 0.267. The fourth-order valence-electron chi connectivity index (χ4n) is 1.89. The molecule has 0 bridgehead atoms. The van der Waals surface area contributed by atoms with Gasteiger partial charge in [-0.1, -0.05) is 31.2 Å². The Morgan fingerprint density at radius 2 is 1.89 bits per heavy atom. The standard InChI is InChI=1S/C15H16O3/c1-10-14(17)8-12(9-15(10)18)3-2-11-4-6-13(16)7-5-11/h2-8,10,15-16,18H,9H2,1H3/b3-2+. The smallest absolute Gasteiger partial charge is 0.161 e. The summed E-state index contributed by atoms with van der Waals surface area (Å²) in [7, 11) is 0. The minimum atomic E-state index is -0.595. The Labute approximate surface area is 106 Å². The third-order valence-electron chi connectivity index (χ3n) is 3.18. The molecule has 3 heteroatoms. The lowest BCUT2D eigenvalue weighted by molar-refractivity contribution is -0.121. The summed E-state index contributed by atoms with van der Waals surface area (Å²) in [6, 6.07) is 6.79. The van der Waals surface area contributed by atoms with Crippen molar-refractivity contribution in [3.05, 3.63) is 47.6 Å². The number of aliphatic hydroxyl groups excluding tert-OH is 1. The van der Waals surface area contributed by atoms with E-state index in [1.54, 1.807) is 37.3 Å². The van der Waals surface area contributed by atoms with Crippen LogP contribution in [-0.2, 0) is 4.79 Å². The van der Waals surface area contributed by atoms with Crippen molar-refractivity contribution in [1.29, 1.82) is 0 Å². The molecule has 2 atom stereocenters. The van der Waals surface area contributed by atoms with Crippen LogP contribution in [0.2, 0.25) is 0 Å². The lowest BCUT2D eigenvalue weighted by Gasteiger charge is -2.21. The summed E-state index contributed by atoms with van der Waals surface area (Å²) in [5.41, 5.74) is 1.77. The van der Waals surface area contributed by atoms with Crippen molar-refractivity contribution in [2.24, 2.45) is 5.92 Å². The number of phenolic OH excluding ortho intramolecular Hbond substituents is 1. The Hall–Kier alpha value is -1.87. The first-order valence-electron chi connectivity index (χ1n) is 5.96. The van der Waals surface area contributed by atoms with E-state index in [0.717, 1.165) is 11.1 Å². The van der Waals surface area contributed by atoms with Crippen LogP contribution in [0.3, 0.4) is 0 Å². The molecule has 3 nitrogen and oxygen atoms in total. The van der Waals surface area contributed by atoms with E-state index in [4.69, 9.17) is 5.11 Å². The maximum absolute atomic E-state index is 11.6. The highest BCUT2D eigenvalue weighted by Crippen LogP contribution is 2.22. The number of benzene rings is 1. The number of aromatic hydroxyl groups is 1. The molecule has 0 aliphatic heterocycles. The van der Waals surface area contributed by atoms with Crippen LogP contribution < -0.4 is 0 Å². The van der Waals surface area contributed by atoms with Gasteiger partial charge in [0.05, 0.1) is 6.10 Å². The quantitative estimate of drug-likeness (QED) is 0.839. The number of hydrogen-bond acceptors (Lipinski definition) is 3. The zero-order valence-corrected chi connectivity index (χ0v) is 10.2. The number of rotatable bonds is 2. The fourth-order valence-corrected chi connectivity index (χ4v) is 1.89. The third kappa shape index (κ3) is 2.87. The second-order valence-electron chi connectivity index (χ2n) is 4.61. The number of carbonyl (C=O) groups is 1. The maximum Gasteiger partial charge on any atom is 0.161 e. The van der Waals surface area contributed by atoms with Gasteiger partial charge in [0, 0.05) is 5.92 Å². The van der Waals surface area contributed by atoms with Gasteiger partial charge in [0.15, 0.2) is 5.78 Å². The van der Waals surface area contributed by atoms with Crippen LogP contribution in [0, 0.1) is 5.92 Å². The topological polar surface area (TPSA) is 57.5 Å². The van der Waals surface area contributed by atoms with Crippen molar-refractivity contribution in [2.45, 2.75) is 19.4 Å². The Balaban J connectivity index is 2.12. The van der Waals surface area contributed by atoms with Gasteiger partial charge >= 0.3 is 0 Å². The summed E-state index contributed by atoms with van der Waals surface area (Å²) < 4.78 is 0. The molecule has 2 rings (SSSR count). The minimum absolute atomic E-state index is 0.0286.